The number of carboxylic acid groups (broad SMARTS) is 1. The zero-order chi connectivity index (χ0) is 39.2. The molecule has 1 aromatic heterocycles. The molecule has 1 amide bonds. The molecule has 0 aliphatic heterocycles. The minimum Gasteiger partial charge on any atom is -0.481 e. The number of aliphatic hydroxyl groups excluding tert-OH is 1. The van der Waals surface area contributed by atoms with Crippen molar-refractivity contribution in [2.45, 2.75) is 64.0 Å². The van der Waals surface area contributed by atoms with Crippen LogP contribution in [-0.2, 0) is 25.1 Å². The van der Waals surface area contributed by atoms with Crippen LogP contribution in [0.5, 0.6) is 0 Å². The van der Waals surface area contributed by atoms with Crippen molar-refractivity contribution in [1.29, 1.82) is 5.26 Å². The number of nitrogens with zero attached hydrogens (tertiary/aromatic N) is 6. The average Bonchev–Trinajstić information content (AvgIpc) is 3.43. The van der Waals surface area contributed by atoms with E-state index in [1.807, 2.05) is 32.6 Å². The van der Waals surface area contributed by atoms with E-state index < -0.39 is 32.6 Å². The molecule has 1 unspecified atom stereocenters. The van der Waals surface area contributed by atoms with E-state index in [1.165, 1.54) is 41.9 Å². The van der Waals surface area contributed by atoms with Gasteiger partial charge >= 0.3 is 5.97 Å². The van der Waals surface area contributed by atoms with Gasteiger partial charge in [-0.15, -0.1) is 10.2 Å². The third kappa shape index (κ3) is 10.1. The molecule has 0 aliphatic rings. The van der Waals surface area contributed by atoms with E-state index in [2.05, 4.69) is 26.9 Å². The monoisotopic (exact) mass is 784 g/mol. The van der Waals surface area contributed by atoms with Gasteiger partial charge in [0.05, 0.1) is 26.3 Å². The molecule has 4 aromatic rings. The van der Waals surface area contributed by atoms with Gasteiger partial charge in [-0.3, -0.25) is 14.1 Å². The summed E-state index contributed by atoms with van der Waals surface area (Å²) in [6.45, 7) is 9.90. The van der Waals surface area contributed by atoms with Crippen molar-refractivity contribution in [3.63, 3.8) is 0 Å². The molecule has 18 heteroatoms. The zero-order valence-corrected chi connectivity index (χ0v) is 31.8. The molecule has 4 rings (SSSR count). The normalized spacial score (nSPS) is 12.4. The summed E-state index contributed by atoms with van der Waals surface area (Å²) >= 11 is 13.5. The largest absolute Gasteiger partial charge is 0.481 e. The SMILES string of the molecule is CCN(CCCC(=O)O)c1ccc(N=Nc2c(C#N)c(C(C)(C)C)nn2-c2c(Cl)cc(NC(O)c3cccc(S(=O)(=O)O)c3)cc2Cl)c(NC(C)=O)c1. The fourth-order valence-corrected chi connectivity index (χ4v) is 6.50. The second-order valence-electron chi connectivity index (χ2n) is 12.9. The van der Waals surface area contributed by atoms with Gasteiger partial charge in [-0.05, 0) is 55.8 Å². The number of rotatable bonds is 14. The highest BCUT2D eigenvalue weighted by atomic mass is 35.5. The highest BCUT2D eigenvalue weighted by Gasteiger charge is 2.30. The second kappa shape index (κ2) is 16.7. The molecule has 5 N–H and O–H groups in total. The minimum atomic E-state index is -4.51. The van der Waals surface area contributed by atoms with Crippen molar-refractivity contribution in [2.75, 3.05) is 28.6 Å². The Hall–Kier alpha value is -5.05. The lowest BCUT2D eigenvalue weighted by molar-refractivity contribution is -0.137. The number of hydrogen-bond donors (Lipinski definition) is 5. The van der Waals surface area contributed by atoms with Gasteiger partial charge in [0.25, 0.3) is 10.1 Å². The Morgan fingerprint density at radius 1 is 1.09 bits per heavy atom. The van der Waals surface area contributed by atoms with Crippen LogP contribution in [0.4, 0.5) is 28.6 Å². The second-order valence-corrected chi connectivity index (χ2v) is 15.1. The van der Waals surface area contributed by atoms with Crippen molar-refractivity contribution < 1.29 is 32.8 Å². The lowest BCUT2D eigenvalue weighted by atomic mass is 9.90. The summed E-state index contributed by atoms with van der Waals surface area (Å²) in [5.74, 6) is -1.27. The molecule has 280 valence electrons. The molecule has 0 aliphatic carbocycles. The van der Waals surface area contributed by atoms with Crippen molar-refractivity contribution >= 4 is 73.8 Å². The summed E-state index contributed by atoms with van der Waals surface area (Å²) in [6, 6.07) is 15.2. The first-order valence-electron chi connectivity index (χ1n) is 16.2. The molecule has 1 heterocycles. The first kappa shape index (κ1) is 40.7. The number of hydrogen-bond acceptors (Lipinski definition) is 11. The third-order valence-corrected chi connectivity index (χ3v) is 9.22. The fourth-order valence-electron chi connectivity index (χ4n) is 5.31. The lowest BCUT2D eigenvalue weighted by Crippen LogP contribution is -2.24. The van der Waals surface area contributed by atoms with Crippen LogP contribution in [0, 0.1) is 11.3 Å². The van der Waals surface area contributed by atoms with Crippen LogP contribution in [0.2, 0.25) is 10.0 Å². The summed E-state index contributed by atoms with van der Waals surface area (Å²) in [5, 5.41) is 49.3. The number of aliphatic hydroxyl groups is 1. The third-order valence-electron chi connectivity index (χ3n) is 7.80. The fraction of sp³-hybridized carbons (Fsp3) is 0.314. The standard InChI is InChI=1S/C35H38Cl2N8O7S/c1-6-44(14-8-11-30(47)48)23-12-13-28(29(18-23)39-20(2)46)41-42-33-25(19-38)32(35(3,4)5)43-45(33)31-26(36)16-22(17-27(31)37)40-34(49)21-9-7-10-24(15-21)53(50,51)52/h7,9-10,12-13,15-18,34,40,49H,6,8,11,14H2,1-5H3,(H,39,46)(H,47,48)(H,50,51,52). The van der Waals surface area contributed by atoms with Crippen molar-refractivity contribution in [1.82, 2.24) is 9.78 Å². The van der Waals surface area contributed by atoms with E-state index in [0.717, 1.165) is 11.8 Å². The summed E-state index contributed by atoms with van der Waals surface area (Å²) in [4.78, 5) is 24.8. The van der Waals surface area contributed by atoms with Crippen LogP contribution in [0.3, 0.4) is 0 Å². The van der Waals surface area contributed by atoms with Crippen LogP contribution in [-0.4, -0.2) is 57.9 Å². The maximum absolute atomic E-state index is 12.2. The number of anilines is 3. The summed E-state index contributed by atoms with van der Waals surface area (Å²) in [6.07, 6.45) is -0.999. The first-order valence-corrected chi connectivity index (χ1v) is 18.4. The number of azo groups is 1. The molecular weight excluding hydrogens is 747 g/mol. The molecule has 0 bridgehead atoms. The Morgan fingerprint density at radius 3 is 2.34 bits per heavy atom. The molecule has 3 aromatic carbocycles. The van der Waals surface area contributed by atoms with Crippen LogP contribution in [0.25, 0.3) is 5.69 Å². The number of carbonyl (C=O) groups is 2. The van der Waals surface area contributed by atoms with Gasteiger partial charge in [-0.2, -0.15) is 18.8 Å². The molecule has 15 nitrogen and oxygen atoms in total. The number of carbonyl (C=O) groups excluding carboxylic acids is 1. The van der Waals surface area contributed by atoms with Gasteiger partial charge in [0.15, 0.2) is 12.0 Å². The van der Waals surface area contributed by atoms with Crippen LogP contribution in [0.1, 0.15) is 70.5 Å². The van der Waals surface area contributed by atoms with Crippen LogP contribution < -0.4 is 15.5 Å². The van der Waals surface area contributed by atoms with Gasteiger partial charge in [0.1, 0.15) is 23.0 Å². The maximum atomic E-state index is 12.2. The minimum absolute atomic E-state index is 0.00861. The van der Waals surface area contributed by atoms with E-state index >= 15 is 0 Å². The highest BCUT2D eigenvalue weighted by molar-refractivity contribution is 7.85. The van der Waals surface area contributed by atoms with E-state index in [9.17, 15) is 32.9 Å². The predicted molar refractivity (Wildman–Crippen MR) is 202 cm³/mol. The Balaban J connectivity index is 1.78. The Bertz CT molecular complexity index is 2190. The number of nitrogens with one attached hydrogen (secondary N) is 2. The van der Waals surface area contributed by atoms with E-state index in [1.54, 1.807) is 18.2 Å². The van der Waals surface area contributed by atoms with Gasteiger partial charge in [0.2, 0.25) is 5.91 Å². The summed E-state index contributed by atoms with van der Waals surface area (Å²) < 4.78 is 33.9. The molecule has 0 spiro atoms. The number of nitriles is 1. The van der Waals surface area contributed by atoms with Gasteiger partial charge < -0.3 is 25.7 Å². The Kier molecular flexibility index (Phi) is 12.9. The van der Waals surface area contributed by atoms with E-state index in [-0.39, 0.29) is 56.4 Å². The Morgan fingerprint density at radius 2 is 1.77 bits per heavy atom. The number of aliphatic carboxylic acids is 1. The molecule has 0 saturated carbocycles. The highest BCUT2D eigenvalue weighted by Crippen LogP contribution is 2.41. The zero-order valence-electron chi connectivity index (χ0n) is 29.4. The predicted octanol–water partition coefficient (Wildman–Crippen LogP) is 7.76. The topological polar surface area (TPSA) is 223 Å². The molecule has 53 heavy (non-hydrogen) atoms. The molecular formula is C35H38Cl2N8O7S. The van der Waals surface area contributed by atoms with Gasteiger partial charge in [-0.25, -0.2) is 4.68 Å². The van der Waals surface area contributed by atoms with Gasteiger partial charge in [-0.1, -0.05) is 56.1 Å². The number of benzene rings is 3. The van der Waals surface area contributed by atoms with Gasteiger partial charge in [0, 0.05) is 48.8 Å². The van der Waals surface area contributed by atoms with Crippen molar-refractivity contribution in [3.05, 3.63) is 81.5 Å². The van der Waals surface area contributed by atoms with E-state index in [4.69, 9.17) is 33.4 Å². The smallest absolute Gasteiger partial charge is 0.303 e. The Labute approximate surface area is 316 Å². The summed E-state index contributed by atoms with van der Waals surface area (Å²) in [5.41, 5.74) is 1.63. The quantitative estimate of drug-likeness (QED) is 0.0472. The number of aromatic nitrogens is 2. The van der Waals surface area contributed by atoms with Crippen molar-refractivity contribution in [3.8, 4) is 11.8 Å². The van der Waals surface area contributed by atoms with Crippen LogP contribution >= 0.6 is 23.2 Å². The van der Waals surface area contributed by atoms with E-state index in [0.29, 0.717) is 30.9 Å². The van der Waals surface area contributed by atoms with Crippen molar-refractivity contribution in [2.24, 2.45) is 10.2 Å². The number of amides is 1. The molecule has 0 radical (unpaired) electrons. The van der Waals surface area contributed by atoms with Crippen LogP contribution in [0.15, 0.2) is 69.7 Å². The molecule has 0 saturated heterocycles. The molecule has 0 fully saturated rings. The lowest BCUT2D eigenvalue weighted by Gasteiger charge is -2.24. The number of halogens is 2. The molecule has 1 atom stereocenters. The summed E-state index contributed by atoms with van der Waals surface area (Å²) in [7, 11) is -4.51. The number of carboxylic acids is 1. The maximum Gasteiger partial charge on any atom is 0.303 e. The first-order chi connectivity index (χ1) is 24.8. The average molecular weight is 786 g/mol.